The van der Waals surface area contributed by atoms with E-state index in [9.17, 15) is 0 Å². The molecule has 0 spiro atoms. The van der Waals surface area contributed by atoms with Gasteiger partial charge in [-0.15, -0.1) is 10.2 Å². The van der Waals surface area contributed by atoms with Gasteiger partial charge in [0.2, 0.25) is 0 Å². The quantitative estimate of drug-likeness (QED) is 0.789. The van der Waals surface area contributed by atoms with Crippen molar-refractivity contribution in [1.29, 1.82) is 0 Å². The lowest BCUT2D eigenvalue weighted by Gasteiger charge is -2.06. The Hall–Kier alpha value is -0.580. The maximum atomic E-state index is 6.00. The van der Waals surface area contributed by atoms with E-state index in [1.165, 1.54) is 0 Å². The second-order valence-electron chi connectivity index (χ2n) is 3.45. The molecular formula is C11H10BrCl2N3. The molecule has 0 bridgehead atoms. The number of nitrogens with zero attached hydrogens (tertiary/aromatic N) is 3. The number of benzene rings is 1. The molecule has 2 aromatic rings. The molecule has 0 radical (unpaired) electrons. The molecule has 90 valence electrons. The molecule has 0 aliphatic rings. The third-order valence-electron chi connectivity index (χ3n) is 2.44. The van der Waals surface area contributed by atoms with Crippen LogP contribution in [-0.2, 0) is 11.9 Å². The van der Waals surface area contributed by atoms with Crippen LogP contribution in [0.4, 0.5) is 0 Å². The molecule has 0 atom stereocenters. The molecule has 0 amide bonds. The van der Waals surface area contributed by atoms with E-state index in [1.807, 2.05) is 10.6 Å². The zero-order valence-corrected chi connectivity index (χ0v) is 12.2. The van der Waals surface area contributed by atoms with Crippen molar-refractivity contribution in [3.8, 4) is 11.4 Å². The zero-order valence-electron chi connectivity index (χ0n) is 9.12. The number of rotatable bonds is 3. The molecule has 0 aliphatic carbocycles. The van der Waals surface area contributed by atoms with Crippen molar-refractivity contribution >= 4 is 39.1 Å². The van der Waals surface area contributed by atoms with E-state index in [2.05, 4.69) is 33.1 Å². The molecule has 2 rings (SSSR count). The van der Waals surface area contributed by atoms with Crippen molar-refractivity contribution in [3.63, 3.8) is 0 Å². The van der Waals surface area contributed by atoms with Crippen molar-refractivity contribution in [2.45, 2.75) is 18.8 Å². The van der Waals surface area contributed by atoms with Gasteiger partial charge in [0.15, 0.2) is 5.82 Å². The number of alkyl halides is 1. The number of aromatic nitrogens is 3. The van der Waals surface area contributed by atoms with E-state index in [0.717, 1.165) is 23.8 Å². The Bertz CT molecular complexity index is 540. The Labute approximate surface area is 118 Å². The van der Waals surface area contributed by atoms with E-state index >= 15 is 0 Å². The summed E-state index contributed by atoms with van der Waals surface area (Å²) in [6.45, 7) is 2.86. The fourth-order valence-electron chi connectivity index (χ4n) is 1.62. The van der Waals surface area contributed by atoms with Crippen molar-refractivity contribution in [1.82, 2.24) is 14.8 Å². The normalized spacial score (nSPS) is 10.8. The Morgan fingerprint density at radius 1 is 1.24 bits per heavy atom. The first-order chi connectivity index (χ1) is 8.17. The lowest BCUT2D eigenvalue weighted by Crippen LogP contribution is -2.01. The molecule has 1 aromatic heterocycles. The van der Waals surface area contributed by atoms with Crippen LogP contribution >= 0.6 is 39.1 Å². The highest BCUT2D eigenvalue weighted by Gasteiger charge is 2.12. The van der Waals surface area contributed by atoms with Gasteiger partial charge in [-0.1, -0.05) is 39.1 Å². The second-order valence-corrected chi connectivity index (χ2v) is 4.82. The SMILES string of the molecule is CCn1c(CBr)nnc1-c1ccc(Cl)c(Cl)c1. The summed E-state index contributed by atoms with van der Waals surface area (Å²) in [5, 5.41) is 10.0. The molecule has 0 aliphatic heterocycles. The summed E-state index contributed by atoms with van der Waals surface area (Å²) in [5.74, 6) is 1.70. The number of hydrogen-bond donors (Lipinski definition) is 0. The smallest absolute Gasteiger partial charge is 0.164 e. The van der Waals surface area contributed by atoms with Gasteiger partial charge in [-0.2, -0.15) is 0 Å². The zero-order chi connectivity index (χ0) is 12.4. The van der Waals surface area contributed by atoms with Crippen molar-refractivity contribution in [2.24, 2.45) is 0 Å². The van der Waals surface area contributed by atoms with Crippen LogP contribution in [0.25, 0.3) is 11.4 Å². The van der Waals surface area contributed by atoms with E-state index in [1.54, 1.807) is 12.1 Å². The largest absolute Gasteiger partial charge is 0.311 e. The lowest BCUT2D eigenvalue weighted by atomic mass is 10.2. The van der Waals surface area contributed by atoms with Crippen LogP contribution in [0.5, 0.6) is 0 Å². The molecule has 0 saturated carbocycles. The van der Waals surface area contributed by atoms with Crippen LogP contribution < -0.4 is 0 Å². The van der Waals surface area contributed by atoms with Crippen LogP contribution in [-0.4, -0.2) is 14.8 Å². The average Bonchev–Trinajstić information content (AvgIpc) is 2.75. The van der Waals surface area contributed by atoms with E-state index in [0.29, 0.717) is 15.4 Å². The Kier molecular flexibility index (Phi) is 4.07. The molecule has 0 fully saturated rings. The van der Waals surface area contributed by atoms with Crippen molar-refractivity contribution in [3.05, 3.63) is 34.1 Å². The van der Waals surface area contributed by atoms with Gasteiger partial charge in [-0.05, 0) is 25.1 Å². The van der Waals surface area contributed by atoms with E-state index in [-0.39, 0.29) is 0 Å². The first-order valence-electron chi connectivity index (χ1n) is 5.10. The summed E-state index contributed by atoms with van der Waals surface area (Å²) in [5.41, 5.74) is 0.918. The third-order valence-corrected chi connectivity index (χ3v) is 3.68. The van der Waals surface area contributed by atoms with Crippen molar-refractivity contribution in [2.75, 3.05) is 0 Å². The summed E-state index contributed by atoms with van der Waals surface area (Å²) in [6.07, 6.45) is 0. The van der Waals surface area contributed by atoms with Gasteiger partial charge < -0.3 is 4.57 Å². The summed E-state index contributed by atoms with van der Waals surface area (Å²) >= 11 is 15.3. The Balaban J connectivity index is 2.52. The minimum atomic E-state index is 0.523. The molecule has 6 heteroatoms. The van der Waals surface area contributed by atoms with Gasteiger partial charge in [0.25, 0.3) is 0 Å². The van der Waals surface area contributed by atoms with Crippen molar-refractivity contribution < 1.29 is 0 Å². The molecule has 0 unspecified atom stereocenters. The predicted molar refractivity (Wildman–Crippen MR) is 73.8 cm³/mol. The van der Waals surface area contributed by atoms with Crippen LogP contribution in [0.15, 0.2) is 18.2 Å². The standard InChI is InChI=1S/C11H10BrCl2N3/c1-2-17-10(6-12)15-16-11(17)7-3-4-8(13)9(14)5-7/h3-5H,2,6H2,1H3. The predicted octanol–water partition coefficient (Wildman–Crippen LogP) is 4.17. The van der Waals surface area contributed by atoms with E-state index < -0.39 is 0 Å². The fraction of sp³-hybridized carbons (Fsp3) is 0.273. The molecule has 0 N–H and O–H groups in total. The third kappa shape index (κ3) is 2.49. The minimum absolute atomic E-state index is 0.523. The topological polar surface area (TPSA) is 30.7 Å². The highest BCUT2D eigenvalue weighted by atomic mass is 79.9. The van der Waals surface area contributed by atoms with Gasteiger partial charge in [-0.25, -0.2) is 0 Å². The Morgan fingerprint density at radius 2 is 2.00 bits per heavy atom. The van der Waals surface area contributed by atoms with Crippen LogP contribution in [0.1, 0.15) is 12.7 Å². The number of halogens is 3. The fourth-order valence-corrected chi connectivity index (χ4v) is 2.33. The van der Waals surface area contributed by atoms with E-state index in [4.69, 9.17) is 23.2 Å². The molecule has 17 heavy (non-hydrogen) atoms. The summed E-state index contributed by atoms with van der Waals surface area (Å²) in [7, 11) is 0. The summed E-state index contributed by atoms with van der Waals surface area (Å²) in [6, 6.07) is 5.46. The maximum absolute atomic E-state index is 6.00. The van der Waals surface area contributed by atoms with Gasteiger partial charge in [0.05, 0.1) is 15.4 Å². The monoisotopic (exact) mass is 333 g/mol. The van der Waals surface area contributed by atoms with Crippen LogP contribution in [0.3, 0.4) is 0 Å². The highest BCUT2D eigenvalue weighted by Crippen LogP contribution is 2.28. The second kappa shape index (κ2) is 5.38. The molecule has 1 heterocycles. The molecule has 0 saturated heterocycles. The van der Waals surface area contributed by atoms with Gasteiger partial charge in [0, 0.05) is 12.1 Å². The molecule has 3 nitrogen and oxygen atoms in total. The van der Waals surface area contributed by atoms with Gasteiger partial charge in [0.1, 0.15) is 5.82 Å². The number of hydrogen-bond acceptors (Lipinski definition) is 2. The minimum Gasteiger partial charge on any atom is -0.311 e. The summed E-state index contributed by atoms with van der Waals surface area (Å²) in [4.78, 5) is 0. The van der Waals surface area contributed by atoms with Crippen LogP contribution in [0, 0.1) is 0 Å². The summed E-state index contributed by atoms with van der Waals surface area (Å²) < 4.78 is 2.04. The molecular weight excluding hydrogens is 325 g/mol. The van der Waals surface area contributed by atoms with Gasteiger partial charge in [-0.3, -0.25) is 0 Å². The molecule has 1 aromatic carbocycles. The first kappa shape index (κ1) is 12.9. The highest BCUT2D eigenvalue weighted by molar-refractivity contribution is 9.08. The van der Waals surface area contributed by atoms with Gasteiger partial charge >= 0.3 is 0 Å². The maximum Gasteiger partial charge on any atom is 0.164 e. The average molecular weight is 335 g/mol. The van der Waals surface area contributed by atoms with Crippen LogP contribution in [0.2, 0.25) is 10.0 Å². The Morgan fingerprint density at radius 3 is 2.59 bits per heavy atom. The lowest BCUT2D eigenvalue weighted by molar-refractivity contribution is 0.733. The first-order valence-corrected chi connectivity index (χ1v) is 6.98.